The quantitative estimate of drug-likeness (QED) is 0.144. The van der Waals surface area contributed by atoms with Crippen molar-refractivity contribution >= 4 is 23.1 Å². The number of carbonyl (C=O) groups excluding carboxylic acids is 1. The topological polar surface area (TPSA) is 50.7 Å². The van der Waals surface area contributed by atoms with Gasteiger partial charge in [0.2, 0.25) is 0 Å². The number of hydrogen-bond donors (Lipinski definition) is 1. The van der Waals surface area contributed by atoms with Crippen molar-refractivity contribution in [1.82, 2.24) is 5.32 Å². The van der Waals surface area contributed by atoms with Gasteiger partial charge in [0.15, 0.2) is 0 Å². The predicted octanol–water partition coefficient (Wildman–Crippen LogP) is 7.79. The third-order valence-electron chi connectivity index (χ3n) is 5.17. The third-order valence-corrected chi connectivity index (χ3v) is 6.09. The molecular formula is C25H36N2O2S. The van der Waals surface area contributed by atoms with Crippen LogP contribution in [0.25, 0.3) is 10.4 Å². The molecule has 30 heavy (non-hydrogen) atoms. The number of hydrogen-bond acceptors (Lipinski definition) is 4. The smallest absolute Gasteiger partial charge is 0.320 e. The zero-order valence-electron chi connectivity index (χ0n) is 18.5. The Morgan fingerprint density at radius 2 is 1.57 bits per heavy atom. The van der Waals surface area contributed by atoms with Gasteiger partial charge in [0.25, 0.3) is 0 Å². The first kappa shape index (κ1) is 24.1. The maximum absolute atomic E-state index is 11.8. The standard InChI is InChI=1S/C25H36N2O2S/c1-3-4-5-6-7-8-9-10-11-12-19-26-25(28)29-27-21(2)22-15-17-23(18-16-22)24-14-13-20-30-24/h13-18,20H,3-12,19H2,1-2H3,(H,26,28)/b27-21+. The molecule has 0 unspecified atom stereocenters. The van der Waals surface area contributed by atoms with Gasteiger partial charge in [0.05, 0.1) is 5.71 Å². The van der Waals surface area contributed by atoms with Crippen molar-refractivity contribution in [1.29, 1.82) is 0 Å². The molecule has 0 fully saturated rings. The summed E-state index contributed by atoms with van der Waals surface area (Å²) in [5.41, 5.74) is 2.80. The van der Waals surface area contributed by atoms with E-state index in [9.17, 15) is 4.79 Å². The number of nitrogens with one attached hydrogen (secondary N) is 1. The summed E-state index contributed by atoms with van der Waals surface area (Å²) in [5.74, 6) is 0. The lowest BCUT2D eigenvalue weighted by Crippen LogP contribution is -2.24. The second-order valence-electron chi connectivity index (χ2n) is 7.72. The zero-order valence-corrected chi connectivity index (χ0v) is 19.3. The molecule has 1 amide bonds. The fraction of sp³-hybridized carbons (Fsp3) is 0.520. The van der Waals surface area contributed by atoms with Crippen LogP contribution in [-0.2, 0) is 4.84 Å². The number of unbranched alkanes of at least 4 members (excludes halogenated alkanes) is 9. The Kier molecular flexibility index (Phi) is 11.9. The van der Waals surface area contributed by atoms with E-state index in [1.54, 1.807) is 11.3 Å². The number of amides is 1. The van der Waals surface area contributed by atoms with Gasteiger partial charge in [-0.25, -0.2) is 4.79 Å². The first-order valence-electron chi connectivity index (χ1n) is 11.3. The van der Waals surface area contributed by atoms with E-state index in [1.165, 1.54) is 61.8 Å². The largest absolute Gasteiger partial charge is 0.433 e. The fourth-order valence-corrected chi connectivity index (χ4v) is 4.05. The molecule has 0 aliphatic heterocycles. The Morgan fingerprint density at radius 1 is 0.933 bits per heavy atom. The first-order valence-corrected chi connectivity index (χ1v) is 12.2. The van der Waals surface area contributed by atoms with Crippen LogP contribution < -0.4 is 5.32 Å². The van der Waals surface area contributed by atoms with E-state index in [1.807, 2.05) is 25.1 Å². The van der Waals surface area contributed by atoms with E-state index in [0.717, 1.165) is 18.4 Å². The van der Waals surface area contributed by atoms with Crippen LogP contribution in [0.1, 0.15) is 83.6 Å². The molecule has 2 aromatic rings. The molecule has 0 saturated carbocycles. The van der Waals surface area contributed by atoms with Gasteiger partial charge in [-0.05, 0) is 35.9 Å². The van der Waals surface area contributed by atoms with Crippen LogP contribution in [0.2, 0.25) is 0 Å². The molecule has 0 atom stereocenters. The highest BCUT2D eigenvalue weighted by Crippen LogP contribution is 2.24. The predicted molar refractivity (Wildman–Crippen MR) is 128 cm³/mol. The van der Waals surface area contributed by atoms with Crippen molar-refractivity contribution in [3.63, 3.8) is 0 Å². The van der Waals surface area contributed by atoms with Crippen molar-refractivity contribution in [2.75, 3.05) is 6.54 Å². The van der Waals surface area contributed by atoms with E-state index < -0.39 is 6.09 Å². The molecule has 1 heterocycles. The molecule has 1 aromatic carbocycles. The van der Waals surface area contributed by atoms with Gasteiger partial charge in [0.1, 0.15) is 0 Å². The van der Waals surface area contributed by atoms with Crippen LogP contribution >= 0.6 is 11.3 Å². The van der Waals surface area contributed by atoms with Crippen LogP contribution in [-0.4, -0.2) is 18.3 Å². The second kappa shape index (κ2) is 14.8. The summed E-state index contributed by atoms with van der Waals surface area (Å²) < 4.78 is 0. The Bertz CT molecular complexity index is 739. The van der Waals surface area contributed by atoms with Crippen molar-refractivity contribution in [2.45, 2.75) is 78.1 Å². The van der Waals surface area contributed by atoms with E-state index in [4.69, 9.17) is 4.84 Å². The number of oxime groups is 1. The van der Waals surface area contributed by atoms with Gasteiger partial charge in [-0.2, -0.15) is 0 Å². The second-order valence-corrected chi connectivity index (χ2v) is 8.67. The number of carbonyl (C=O) groups is 1. The van der Waals surface area contributed by atoms with Gasteiger partial charge in [0, 0.05) is 11.4 Å². The highest BCUT2D eigenvalue weighted by Gasteiger charge is 2.04. The van der Waals surface area contributed by atoms with Gasteiger partial charge in [-0.15, -0.1) is 11.3 Å². The summed E-state index contributed by atoms with van der Waals surface area (Å²) in [6, 6.07) is 12.3. The molecule has 0 saturated heterocycles. The molecule has 0 aliphatic carbocycles. The summed E-state index contributed by atoms with van der Waals surface area (Å²) in [6.45, 7) is 4.73. The van der Waals surface area contributed by atoms with Gasteiger partial charge in [-0.3, -0.25) is 4.84 Å². The van der Waals surface area contributed by atoms with E-state index >= 15 is 0 Å². The molecular weight excluding hydrogens is 392 g/mol. The van der Waals surface area contributed by atoms with Crippen LogP contribution in [0.3, 0.4) is 0 Å². The van der Waals surface area contributed by atoms with Crippen molar-refractivity contribution in [3.05, 3.63) is 47.3 Å². The number of nitrogens with zero attached hydrogens (tertiary/aromatic N) is 1. The molecule has 5 heteroatoms. The normalized spacial score (nSPS) is 11.5. The highest BCUT2D eigenvalue weighted by atomic mass is 32.1. The zero-order chi connectivity index (χ0) is 21.4. The fourth-order valence-electron chi connectivity index (χ4n) is 3.32. The Balaban J connectivity index is 1.55. The maximum atomic E-state index is 11.8. The average molecular weight is 429 g/mol. The SMILES string of the molecule is CCCCCCCCCCCCNC(=O)O/N=C(\C)c1ccc(-c2cccs2)cc1. The van der Waals surface area contributed by atoms with Crippen LogP contribution in [0.15, 0.2) is 46.9 Å². The molecule has 1 N–H and O–H groups in total. The highest BCUT2D eigenvalue weighted by molar-refractivity contribution is 7.13. The minimum Gasteiger partial charge on any atom is -0.320 e. The third kappa shape index (κ3) is 9.57. The van der Waals surface area contributed by atoms with E-state index in [0.29, 0.717) is 12.3 Å². The maximum Gasteiger partial charge on any atom is 0.433 e. The lowest BCUT2D eigenvalue weighted by molar-refractivity contribution is 0.150. The number of benzene rings is 1. The van der Waals surface area contributed by atoms with Crippen LogP contribution in [0, 0.1) is 0 Å². The number of thiophene rings is 1. The summed E-state index contributed by atoms with van der Waals surface area (Å²) in [6.07, 6.45) is 12.3. The summed E-state index contributed by atoms with van der Waals surface area (Å²) in [4.78, 5) is 18.0. The first-order chi connectivity index (χ1) is 14.7. The lowest BCUT2D eigenvalue weighted by Gasteiger charge is -2.05. The average Bonchev–Trinajstić information content (AvgIpc) is 3.31. The summed E-state index contributed by atoms with van der Waals surface area (Å²) >= 11 is 1.71. The van der Waals surface area contributed by atoms with Crippen molar-refractivity contribution < 1.29 is 9.63 Å². The molecule has 0 aliphatic rings. The van der Waals surface area contributed by atoms with Gasteiger partial charge < -0.3 is 5.32 Å². The van der Waals surface area contributed by atoms with Gasteiger partial charge in [-0.1, -0.05) is 100 Å². The Hall–Kier alpha value is -2.14. The lowest BCUT2D eigenvalue weighted by atomic mass is 10.1. The molecule has 4 nitrogen and oxygen atoms in total. The summed E-state index contributed by atoms with van der Waals surface area (Å²) in [7, 11) is 0. The van der Waals surface area contributed by atoms with Gasteiger partial charge >= 0.3 is 6.09 Å². The van der Waals surface area contributed by atoms with Crippen LogP contribution in [0.5, 0.6) is 0 Å². The number of rotatable bonds is 14. The summed E-state index contributed by atoms with van der Waals surface area (Å²) in [5, 5.41) is 8.81. The molecule has 164 valence electrons. The molecule has 0 spiro atoms. The van der Waals surface area contributed by atoms with Crippen molar-refractivity contribution in [3.8, 4) is 10.4 Å². The molecule has 0 bridgehead atoms. The minimum absolute atomic E-state index is 0.486. The van der Waals surface area contributed by atoms with E-state index in [-0.39, 0.29) is 0 Å². The Labute approximate surface area is 185 Å². The van der Waals surface area contributed by atoms with Crippen molar-refractivity contribution in [2.24, 2.45) is 5.16 Å². The molecule has 1 aromatic heterocycles. The molecule has 0 radical (unpaired) electrons. The van der Waals surface area contributed by atoms with E-state index in [2.05, 4.69) is 41.0 Å². The minimum atomic E-state index is -0.486. The Morgan fingerprint density at radius 3 is 2.17 bits per heavy atom. The molecule has 2 rings (SSSR count). The monoisotopic (exact) mass is 428 g/mol. The van der Waals surface area contributed by atoms with Crippen LogP contribution in [0.4, 0.5) is 4.79 Å².